The van der Waals surface area contributed by atoms with Crippen molar-refractivity contribution < 1.29 is 0 Å². The summed E-state index contributed by atoms with van der Waals surface area (Å²) < 4.78 is 4.20. The lowest BCUT2D eigenvalue weighted by Gasteiger charge is -1.94. The van der Waals surface area contributed by atoms with E-state index in [0.717, 1.165) is 22.6 Å². The van der Waals surface area contributed by atoms with Crippen LogP contribution in [0.4, 0.5) is 5.00 Å². The van der Waals surface area contributed by atoms with Gasteiger partial charge in [0.25, 0.3) is 0 Å². The Labute approximate surface area is 95.5 Å². The molecule has 3 rings (SSSR count). The zero-order chi connectivity index (χ0) is 11.1. The number of aryl methyl sites for hydroxylation is 1. The lowest BCUT2D eigenvalue weighted by molar-refractivity contribution is 1.27. The SMILES string of the molecule is Cc1nsc(N)c1-c1nc2ncccc2[nH]1. The molecule has 0 unspecified atom stereocenters. The highest BCUT2D eigenvalue weighted by Gasteiger charge is 2.14. The van der Waals surface area contributed by atoms with E-state index in [1.54, 1.807) is 6.20 Å². The molecule has 5 nitrogen and oxygen atoms in total. The molecule has 16 heavy (non-hydrogen) atoms. The highest BCUT2D eigenvalue weighted by Crippen LogP contribution is 2.30. The first-order chi connectivity index (χ1) is 7.75. The van der Waals surface area contributed by atoms with Crippen LogP contribution in [0.5, 0.6) is 0 Å². The molecule has 0 spiro atoms. The summed E-state index contributed by atoms with van der Waals surface area (Å²) in [5, 5.41) is 0.677. The van der Waals surface area contributed by atoms with Crippen molar-refractivity contribution in [2.75, 3.05) is 5.73 Å². The number of nitrogen functional groups attached to an aromatic ring is 1. The van der Waals surface area contributed by atoms with Crippen molar-refractivity contribution in [2.45, 2.75) is 6.92 Å². The number of hydrogen-bond donors (Lipinski definition) is 2. The molecule has 0 radical (unpaired) electrons. The number of nitrogens with two attached hydrogens (primary N) is 1. The van der Waals surface area contributed by atoms with Crippen LogP contribution >= 0.6 is 11.5 Å². The Bertz CT molecular complexity index is 602. The number of pyridine rings is 1. The van der Waals surface area contributed by atoms with Crippen LogP contribution in [0.1, 0.15) is 5.69 Å². The molecule has 80 valence electrons. The average Bonchev–Trinajstić information content (AvgIpc) is 2.82. The highest BCUT2D eigenvalue weighted by molar-refractivity contribution is 7.10. The molecule has 0 amide bonds. The van der Waals surface area contributed by atoms with Crippen molar-refractivity contribution in [2.24, 2.45) is 0 Å². The summed E-state index contributed by atoms with van der Waals surface area (Å²) in [7, 11) is 0. The molecule has 0 aliphatic rings. The van der Waals surface area contributed by atoms with Gasteiger partial charge in [0, 0.05) is 6.20 Å². The van der Waals surface area contributed by atoms with Gasteiger partial charge in [-0.2, -0.15) is 4.37 Å². The number of aromatic amines is 1. The summed E-state index contributed by atoms with van der Waals surface area (Å²) in [6, 6.07) is 3.80. The van der Waals surface area contributed by atoms with Crippen LogP contribution in [-0.2, 0) is 0 Å². The number of H-pyrrole nitrogens is 1. The van der Waals surface area contributed by atoms with Crippen LogP contribution in [0.2, 0.25) is 0 Å². The smallest absolute Gasteiger partial charge is 0.178 e. The number of imidazole rings is 1. The van der Waals surface area contributed by atoms with E-state index in [0.29, 0.717) is 10.6 Å². The Morgan fingerprint density at radius 1 is 1.44 bits per heavy atom. The number of aromatic nitrogens is 4. The lowest BCUT2D eigenvalue weighted by atomic mass is 10.2. The van der Waals surface area contributed by atoms with Crippen molar-refractivity contribution in [3.8, 4) is 11.4 Å². The van der Waals surface area contributed by atoms with Gasteiger partial charge in [0.1, 0.15) is 10.8 Å². The first-order valence-corrected chi connectivity index (χ1v) is 5.56. The van der Waals surface area contributed by atoms with Gasteiger partial charge in [0.05, 0.1) is 16.8 Å². The predicted octanol–water partition coefficient (Wildman–Crippen LogP) is 1.97. The van der Waals surface area contributed by atoms with E-state index in [1.165, 1.54) is 11.5 Å². The zero-order valence-corrected chi connectivity index (χ0v) is 9.38. The summed E-state index contributed by atoms with van der Waals surface area (Å²) in [4.78, 5) is 11.8. The molecule has 0 aliphatic heterocycles. The molecular formula is C10H9N5S. The van der Waals surface area contributed by atoms with Crippen molar-refractivity contribution in [1.29, 1.82) is 0 Å². The summed E-state index contributed by atoms with van der Waals surface area (Å²) in [5.74, 6) is 0.734. The second-order valence-corrected chi connectivity index (χ2v) is 4.27. The molecule has 0 atom stereocenters. The maximum absolute atomic E-state index is 5.87. The van der Waals surface area contributed by atoms with E-state index in [2.05, 4.69) is 19.3 Å². The minimum Gasteiger partial charge on any atom is -0.389 e. The summed E-state index contributed by atoms with van der Waals surface area (Å²) >= 11 is 1.28. The first-order valence-electron chi connectivity index (χ1n) is 4.78. The lowest BCUT2D eigenvalue weighted by Crippen LogP contribution is -1.87. The maximum atomic E-state index is 5.87. The summed E-state index contributed by atoms with van der Waals surface area (Å²) in [5.41, 5.74) is 9.24. The number of fused-ring (bicyclic) bond motifs is 1. The third-order valence-corrected chi connectivity index (χ3v) is 3.15. The van der Waals surface area contributed by atoms with Crippen LogP contribution < -0.4 is 5.73 Å². The molecule has 0 saturated carbocycles. The van der Waals surface area contributed by atoms with Crippen LogP contribution in [0, 0.1) is 6.92 Å². The van der Waals surface area contributed by atoms with Gasteiger partial charge in [-0.25, -0.2) is 9.97 Å². The molecule has 0 saturated heterocycles. The van der Waals surface area contributed by atoms with Gasteiger partial charge in [-0.05, 0) is 30.6 Å². The largest absolute Gasteiger partial charge is 0.389 e. The van der Waals surface area contributed by atoms with E-state index in [9.17, 15) is 0 Å². The van der Waals surface area contributed by atoms with E-state index in [-0.39, 0.29) is 0 Å². The highest BCUT2D eigenvalue weighted by atomic mass is 32.1. The average molecular weight is 231 g/mol. The molecule has 0 bridgehead atoms. The van der Waals surface area contributed by atoms with Crippen molar-refractivity contribution in [3.05, 3.63) is 24.0 Å². The third-order valence-electron chi connectivity index (χ3n) is 2.38. The monoisotopic (exact) mass is 231 g/mol. The second kappa shape index (κ2) is 3.28. The summed E-state index contributed by atoms with van der Waals surface area (Å²) in [6.07, 6.45) is 1.72. The Hall–Kier alpha value is -1.95. The molecule has 3 aromatic heterocycles. The van der Waals surface area contributed by atoms with E-state index in [1.807, 2.05) is 19.1 Å². The standard InChI is InChI=1S/C10H9N5S/c1-5-7(8(11)16-15-5)10-13-6-3-2-4-12-9(6)14-10/h2-4H,11H2,1H3,(H,12,13,14). The first kappa shape index (κ1) is 9.29. The van der Waals surface area contributed by atoms with Crippen molar-refractivity contribution in [1.82, 2.24) is 19.3 Å². The van der Waals surface area contributed by atoms with Gasteiger partial charge in [-0.3, -0.25) is 0 Å². The number of anilines is 1. The molecule has 3 N–H and O–H groups in total. The Balaban J connectivity index is 2.27. The van der Waals surface area contributed by atoms with Gasteiger partial charge < -0.3 is 10.7 Å². The van der Waals surface area contributed by atoms with Crippen LogP contribution in [0.3, 0.4) is 0 Å². The molecule has 0 fully saturated rings. The van der Waals surface area contributed by atoms with Gasteiger partial charge in [0.2, 0.25) is 0 Å². The third kappa shape index (κ3) is 1.27. The molecule has 3 aromatic rings. The topological polar surface area (TPSA) is 80.5 Å². The molecule has 6 heteroatoms. The van der Waals surface area contributed by atoms with Gasteiger partial charge in [0.15, 0.2) is 5.65 Å². The van der Waals surface area contributed by atoms with E-state index in [4.69, 9.17) is 5.73 Å². The number of nitrogens with zero attached hydrogens (tertiary/aromatic N) is 3. The van der Waals surface area contributed by atoms with Crippen molar-refractivity contribution in [3.63, 3.8) is 0 Å². The normalized spacial score (nSPS) is 11.1. The van der Waals surface area contributed by atoms with Crippen LogP contribution in [0.15, 0.2) is 18.3 Å². The van der Waals surface area contributed by atoms with Gasteiger partial charge in [-0.15, -0.1) is 0 Å². The quantitative estimate of drug-likeness (QED) is 0.671. The van der Waals surface area contributed by atoms with Crippen LogP contribution in [0.25, 0.3) is 22.6 Å². The zero-order valence-electron chi connectivity index (χ0n) is 8.56. The second-order valence-electron chi connectivity index (χ2n) is 3.47. The Kier molecular flexibility index (Phi) is 1.90. The minimum atomic E-state index is 0.677. The molecular weight excluding hydrogens is 222 g/mol. The number of hydrogen-bond acceptors (Lipinski definition) is 5. The maximum Gasteiger partial charge on any atom is 0.178 e. The number of nitrogens with one attached hydrogen (secondary N) is 1. The fourth-order valence-corrected chi connectivity index (χ4v) is 2.30. The van der Waals surface area contributed by atoms with E-state index < -0.39 is 0 Å². The fraction of sp³-hybridized carbons (Fsp3) is 0.100. The predicted molar refractivity (Wildman–Crippen MR) is 64.1 cm³/mol. The minimum absolute atomic E-state index is 0.677. The van der Waals surface area contributed by atoms with Crippen LogP contribution in [-0.4, -0.2) is 19.3 Å². The molecule has 3 heterocycles. The Morgan fingerprint density at radius 3 is 3.00 bits per heavy atom. The number of rotatable bonds is 1. The van der Waals surface area contributed by atoms with Gasteiger partial charge in [-0.1, -0.05) is 0 Å². The molecule has 0 aliphatic carbocycles. The van der Waals surface area contributed by atoms with Gasteiger partial charge >= 0.3 is 0 Å². The Morgan fingerprint density at radius 2 is 2.31 bits per heavy atom. The van der Waals surface area contributed by atoms with Crippen molar-refractivity contribution >= 4 is 27.7 Å². The van der Waals surface area contributed by atoms with E-state index >= 15 is 0 Å². The fourth-order valence-electron chi connectivity index (χ4n) is 1.64. The summed E-state index contributed by atoms with van der Waals surface area (Å²) in [6.45, 7) is 1.92. The molecule has 0 aromatic carbocycles.